The summed E-state index contributed by atoms with van der Waals surface area (Å²) in [6.07, 6.45) is 86.0. The summed E-state index contributed by atoms with van der Waals surface area (Å²) < 4.78 is 30.4. The van der Waals surface area contributed by atoms with Crippen molar-refractivity contribution >= 4 is 19.7 Å². The van der Waals surface area contributed by atoms with Gasteiger partial charge in [-0.2, -0.15) is 0 Å². The van der Waals surface area contributed by atoms with Gasteiger partial charge in [0.2, 0.25) is 5.91 Å². The molecule has 3 atom stereocenters. The highest BCUT2D eigenvalue weighted by Gasteiger charge is 2.27. The van der Waals surface area contributed by atoms with E-state index >= 15 is 0 Å². The highest BCUT2D eigenvalue weighted by atomic mass is 31.2. The van der Waals surface area contributed by atoms with Gasteiger partial charge in [-0.15, -0.1) is 0 Å². The maximum Gasteiger partial charge on any atom is 0.306 e. The Morgan fingerprint density at radius 2 is 0.771 bits per heavy atom. The first kappa shape index (κ1) is 79.4. The molecule has 0 heterocycles. The van der Waals surface area contributed by atoms with Crippen LogP contribution in [-0.4, -0.2) is 69.4 Å². The minimum atomic E-state index is -4.72. The quantitative estimate of drug-likeness (QED) is 0.0212. The van der Waals surface area contributed by atoms with Crippen LogP contribution in [0.3, 0.4) is 0 Å². The maximum atomic E-state index is 13.6. The molecule has 3 unspecified atom stereocenters. The van der Waals surface area contributed by atoms with Gasteiger partial charge in [0, 0.05) is 12.8 Å². The number of allylic oxidation sites excluding steroid dienone is 19. The number of likely N-dealkylation sites (N-methyl/N-ethyl adjacent to an activating group) is 1. The lowest BCUT2D eigenvalue weighted by Crippen LogP contribution is -2.47. The lowest BCUT2D eigenvalue weighted by molar-refractivity contribution is -0.870. The van der Waals surface area contributed by atoms with Crippen LogP contribution in [0.5, 0.6) is 0 Å². The average molecular weight is 1180 g/mol. The number of rotatable bonds is 60. The van der Waals surface area contributed by atoms with Gasteiger partial charge in [0.25, 0.3) is 7.82 Å². The Hall–Kier alpha value is -3.59. The number of quaternary nitrogens is 1. The number of phosphoric ester groups is 1. The zero-order valence-electron chi connectivity index (χ0n) is 54.4. The van der Waals surface area contributed by atoms with Gasteiger partial charge in [-0.1, -0.05) is 265 Å². The van der Waals surface area contributed by atoms with E-state index in [1.165, 1.54) is 109 Å². The number of nitrogens with one attached hydrogen (secondary N) is 1. The Morgan fingerprint density at radius 3 is 1.18 bits per heavy atom. The molecular formula is C73H127N2O7P. The molecule has 0 fully saturated rings. The summed E-state index contributed by atoms with van der Waals surface area (Å²) in [7, 11) is 1.15. The molecule has 1 amide bonds. The van der Waals surface area contributed by atoms with Crippen molar-refractivity contribution in [3.63, 3.8) is 0 Å². The second-order valence-corrected chi connectivity index (χ2v) is 25.0. The summed E-state index contributed by atoms with van der Waals surface area (Å²) in [4.78, 5) is 40.1. The molecule has 0 rings (SSSR count). The molecule has 10 heteroatoms. The molecule has 0 aliphatic rings. The minimum absolute atomic E-state index is 0.0336. The van der Waals surface area contributed by atoms with Crippen molar-refractivity contribution in [2.45, 2.75) is 290 Å². The van der Waals surface area contributed by atoms with Crippen LogP contribution in [0.1, 0.15) is 278 Å². The maximum absolute atomic E-state index is 13.6. The van der Waals surface area contributed by atoms with Gasteiger partial charge in [-0.3, -0.25) is 14.2 Å². The van der Waals surface area contributed by atoms with Crippen LogP contribution in [0.2, 0.25) is 0 Å². The third-order valence-corrected chi connectivity index (χ3v) is 15.3. The fourth-order valence-corrected chi connectivity index (χ4v) is 9.90. The second kappa shape index (κ2) is 61.5. The number of carbonyl (C=O) groups excluding carboxylic acids is 2. The van der Waals surface area contributed by atoms with E-state index in [0.717, 1.165) is 128 Å². The standard InChI is InChI=1S/C73H127N2O7P/c1-7-10-13-16-19-22-25-27-29-31-33-35-37-39-41-43-45-47-50-53-56-59-62-65-72(76)74-70(69-81-83(78,79)80-68-67-75(4,5)6)71(64-61-58-55-52-49-24-21-18-15-12-9-3)82-73(77)66-63-60-57-54-51-48-46-44-42-40-38-36-34-32-30-28-26-23-20-17-14-11-8-2/h11,14,19-20,22-23,27-30,33-36,40,42,46,48,61,64,70-71H,7-10,12-13,15-18,21,24-26,31-32,37-39,41,43-45,47,49-60,62-63,65-69H2,1-6H3,(H-,74,76,78,79)/b14-11-,22-19-,23-20-,29-27-,30-28-,35-33-,36-34-,42-40-,48-46-,64-61+. The highest BCUT2D eigenvalue weighted by molar-refractivity contribution is 7.45. The molecule has 0 bridgehead atoms. The topological polar surface area (TPSA) is 114 Å². The lowest BCUT2D eigenvalue weighted by atomic mass is 10.0. The van der Waals surface area contributed by atoms with Crippen molar-refractivity contribution in [2.75, 3.05) is 40.9 Å². The van der Waals surface area contributed by atoms with Crippen molar-refractivity contribution in [1.82, 2.24) is 5.32 Å². The predicted octanol–water partition coefficient (Wildman–Crippen LogP) is 20.8. The first-order valence-electron chi connectivity index (χ1n) is 33.8. The summed E-state index contributed by atoms with van der Waals surface area (Å²) in [6.45, 7) is 6.68. The molecular weight excluding hydrogens is 1050 g/mol. The summed E-state index contributed by atoms with van der Waals surface area (Å²) in [5.41, 5.74) is 0. The van der Waals surface area contributed by atoms with Gasteiger partial charge in [0.1, 0.15) is 19.3 Å². The summed E-state index contributed by atoms with van der Waals surface area (Å²) in [5, 5.41) is 3.03. The van der Waals surface area contributed by atoms with Crippen LogP contribution in [0.25, 0.3) is 0 Å². The van der Waals surface area contributed by atoms with E-state index in [1.807, 2.05) is 33.3 Å². The van der Waals surface area contributed by atoms with E-state index in [1.54, 1.807) is 0 Å². The van der Waals surface area contributed by atoms with Crippen LogP contribution in [0.4, 0.5) is 0 Å². The van der Waals surface area contributed by atoms with Gasteiger partial charge < -0.3 is 28.5 Å². The number of unbranched alkanes of at least 4 members (excludes halogenated alkanes) is 26. The number of nitrogens with zero attached hydrogens (tertiary/aromatic N) is 1. The predicted molar refractivity (Wildman–Crippen MR) is 357 cm³/mol. The average Bonchev–Trinajstić information content (AvgIpc) is 3.51. The Balaban J connectivity index is 5.17. The Bertz CT molecular complexity index is 1830. The van der Waals surface area contributed by atoms with Gasteiger partial charge in [-0.05, 0) is 122 Å². The smallest absolute Gasteiger partial charge is 0.306 e. The largest absolute Gasteiger partial charge is 0.756 e. The van der Waals surface area contributed by atoms with Crippen LogP contribution < -0.4 is 10.2 Å². The van der Waals surface area contributed by atoms with E-state index in [-0.39, 0.29) is 24.9 Å². The van der Waals surface area contributed by atoms with Crippen LogP contribution >= 0.6 is 7.82 Å². The zero-order valence-corrected chi connectivity index (χ0v) is 55.3. The third-order valence-electron chi connectivity index (χ3n) is 14.4. The fourth-order valence-electron chi connectivity index (χ4n) is 9.18. The number of hydrogen-bond acceptors (Lipinski definition) is 7. The van der Waals surface area contributed by atoms with Crippen molar-refractivity contribution in [2.24, 2.45) is 0 Å². The van der Waals surface area contributed by atoms with Gasteiger partial charge >= 0.3 is 5.97 Å². The zero-order chi connectivity index (χ0) is 60.7. The van der Waals surface area contributed by atoms with Crippen LogP contribution in [0, 0.1) is 0 Å². The van der Waals surface area contributed by atoms with Crippen molar-refractivity contribution in [3.05, 3.63) is 122 Å². The van der Waals surface area contributed by atoms with Crippen molar-refractivity contribution in [3.8, 4) is 0 Å². The third kappa shape index (κ3) is 62.8. The summed E-state index contributed by atoms with van der Waals surface area (Å²) in [5.74, 6) is -0.579. The Kier molecular flexibility index (Phi) is 58.8. The number of phosphoric acid groups is 1. The summed E-state index contributed by atoms with van der Waals surface area (Å²) in [6, 6.07) is -0.910. The first-order chi connectivity index (χ1) is 40.4. The van der Waals surface area contributed by atoms with Crippen LogP contribution in [0.15, 0.2) is 122 Å². The molecule has 0 aliphatic carbocycles. The Labute approximate surface area is 512 Å². The molecule has 0 saturated carbocycles. The molecule has 9 nitrogen and oxygen atoms in total. The number of esters is 1. The molecule has 476 valence electrons. The minimum Gasteiger partial charge on any atom is -0.756 e. The fraction of sp³-hybridized carbons (Fsp3) is 0.699. The van der Waals surface area contributed by atoms with E-state index in [9.17, 15) is 19.0 Å². The lowest BCUT2D eigenvalue weighted by Gasteiger charge is -2.30. The second-order valence-electron chi connectivity index (χ2n) is 23.6. The molecule has 0 aromatic rings. The Morgan fingerprint density at radius 1 is 0.434 bits per heavy atom. The molecule has 0 spiro atoms. The number of hydrogen-bond donors (Lipinski definition) is 1. The number of carbonyl (C=O) groups is 2. The van der Waals surface area contributed by atoms with Gasteiger partial charge in [0.05, 0.1) is 33.8 Å². The summed E-state index contributed by atoms with van der Waals surface area (Å²) >= 11 is 0. The van der Waals surface area contributed by atoms with E-state index in [4.69, 9.17) is 13.8 Å². The SMILES string of the molecule is CC/C=C\C/C=C\C/C=C\C/C=C\C/C=C\C/C=C\CCCCCCC(=O)OC(/C=C/CCCCCCCCCCC)C(COP(=O)([O-])OCC[N+](C)(C)C)NC(=O)CCCCCCCCCCCC/C=C\C/C=C\C/C=C\CCCCC. The number of ether oxygens (including phenoxy) is 1. The highest BCUT2D eigenvalue weighted by Crippen LogP contribution is 2.38. The molecule has 0 aliphatic heterocycles. The molecule has 1 N–H and O–H groups in total. The van der Waals surface area contributed by atoms with E-state index in [2.05, 4.69) is 135 Å². The molecule has 0 aromatic carbocycles. The monoisotopic (exact) mass is 1170 g/mol. The van der Waals surface area contributed by atoms with E-state index in [0.29, 0.717) is 23.9 Å². The van der Waals surface area contributed by atoms with Crippen LogP contribution in [-0.2, 0) is 27.9 Å². The molecule has 0 radical (unpaired) electrons. The van der Waals surface area contributed by atoms with Gasteiger partial charge in [0.15, 0.2) is 0 Å². The molecule has 83 heavy (non-hydrogen) atoms. The first-order valence-corrected chi connectivity index (χ1v) is 35.3. The number of amides is 1. The normalized spacial score (nSPS) is 14.3. The van der Waals surface area contributed by atoms with Gasteiger partial charge in [-0.25, -0.2) is 0 Å². The van der Waals surface area contributed by atoms with E-state index < -0.39 is 26.6 Å². The van der Waals surface area contributed by atoms with Crippen molar-refractivity contribution in [1.29, 1.82) is 0 Å². The molecule has 0 aromatic heterocycles. The van der Waals surface area contributed by atoms with Crippen molar-refractivity contribution < 1.29 is 37.3 Å². The molecule has 0 saturated heterocycles.